The number of benzene rings is 3. The third-order valence-electron chi connectivity index (χ3n) is 4.99. The highest BCUT2D eigenvalue weighted by atomic mass is 35.5. The molecule has 0 aliphatic carbocycles. The average Bonchev–Trinajstić information content (AvgIpc) is 3.09. The van der Waals surface area contributed by atoms with Crippen molar-refractivity contribution in [1.29, 1.82) is 0 Å². The zero-order valence-electron chi connectivity index (χ0n) is 18.5. The molecule has 0 saturated carbocycles. The van der Waals surface area contributed by atoms with E-state index in [0.29, 0.717) is 39.1 Å². The zero-order chi connectivity index (χ0) is 24.9. The number of amides is 2. The first-order chi connectivity index (χ1) is 16.9. The predicted octanol–water partition coefficient (Wildman–Crippen LogP) is 6.85. The minimum absolute atomic E-state index is 0.0876. The second-order valence-corrected chi connectivity index (χ2v) is 9.24. The van der Waals surface area contributed by atoms with Crippen molar-refractivity contribution >= 4 is 58.2 Å². The average molecular weight is 528 g/mol. The van der Waals surface area contributed by atoms with E-state index in [1.54, 1.807) is 73.7 Å². The quantitative estimate of drug-likeness (QED) is 0.190. The van der Waals surface area contributed by atoms with Gasteiger partial charge in [0.1, 0.15) is 0 Å². The van der Waals surface area contributed by atoms with Crippen LogP contribution in [-0.4, -0.2) is 28.6 Å². The standard InChI is InChI=1S/C26H19Cl2NO5S/c1-2-33-22-12-16(10-11-21(22)34-25(31)17-7-5-8-19(27)14-17)13-23-24(30)29(26(32)35-23)15-18-6-3-4-9-20(18)28/h3-14H,2,15H2,1H3/b23-13-. The smallest absolute Gasteiger partial charge is 0.343 e. The van der Waals surface area contributed by atoms with Gasteiger partial charge in [-0.3, -0.25) is 14.5 Å². The lowest BCUT2D eigenvalue weighted by Crippen LogP contribution is -2.27. The molecular weight excluding hydrogens is 509 g/mol. The monoisotopic (exact) mass is 527 g/mol. The van der Waals surface area contributed by atoms with Crippen molar-refractivity contribution in [3.63, 3.8) is 0 Å². The zero-order valence-corrected chi connectivity index (χ0v) is 20.8. The van der Waals surface area contributed by atoms with Crippen molar-refractivity contribution in [2.75, 3.05) is 6.61 Å². The Kier molecular flexibility index (Phi) is 7.80. The van der Waals surface area contributed by atoms with Gasteiger partial charge in [0.15, 0.2) is 11.5 Å². The molecule has 0 unspecified atom stereocenters. The van der Waals surface area contributed by atoms with Crippen LogP contribution in [0.15, 0.2) is 71.6 Å². The van der Waals surface area contributed by atoms with Crippen LogP contribution in [0.2, 0.25) is 10.0 Å². The number of hydrogen-bond donors (Lipinski definition) is 0. The molecule has 3 aromatic rings. The highest BCUT2D eigenvalue weighted by molar-refractivity contribution is 8.18. The molecule has 0 spiro atoms. The molecule has 4 rings (SSSR count). The van der Waals surface area contributed by atoms with Crippen LogP contribution in [0.1, 0.15) is 28.4 Å². The number of carbonyl (C=O) groups excluding carboxylic acids is 3. The van der Waals surface area contributed by atoms with Gasteiger partial charge < -0.3 is 9.47 Å². The molecule has 9 heteroatoms. The van der Waals surface area contributed by atoms with Crippen LogP contribution in [0.25, 0.3) is 6.08 Å². The van der Waals surface area contributed by atoms with E-state index >= 15 is 0 Å². The number of imide groups is 1. The Morgan fingerprint density at radius 1 is 1.00 bits per heavy atom. The van der Waals surface area contributed by atoms with Gasteiger partial charge in [-0.15, -0.1) is 0 Å². The van der Waals surface area contributed by atoms with Crippen molar-refractivity contribution in [3.05, 3.63) is 98.4 Å². The van der Waals surface area contributed by atoms with Crippen LogP contribution < -0.4 is 9.47 Å². The summed E-state index contributed by atoms with van der Waals surface area (Å²) >= 11 is 13.0. The largest absolute Gasteiger partial charge is 0.490 e. The number of rotatable bonds is 7. The van der Waals surface area contributed by atoms with Gasteiger partial charge >= 0.3 is 5.97 Å². The van der Waals surface area contributed by atoms with E-state index in [4.69, 9.17) is 32.7 Å². The second kappa shape index (κ2) is 11.0. The van der Waals surface area contributed by atoms with Crippen molar-refractivity contribution in [1.82, 2.24) is 4.90 Å². The van der Waals surface area contributed by atoms with E-state index in [0.717, 1.165) is 16.7 Å². The summed E-state index contributed by atoms with van der Waals surface area (Å²) in [6.45, 7) is 2.22. The minimum Gasteiger partial charge on any atom is -0.490 e. The molecule has 0 aromatic heterocycles. The van der Waals surface area contributed by atoms with Gasteiger partial charge in [0.25, 0.3) is 11.1 Å². The number of hydrogen-bond acceptors (Lipinski definition) is 6. The lowest BCUT2D eigenvalue weighted by Gasteiger charge is -2.13. The first-order valence-electron chi connectivity index (χ1n) is 10.6. The second-order valence-electron chi connectivity index (χ2n) is 7.40. The Morgan fingerprint density at radius 3 is 2.54 bits per heavy atom. The minimum atomic E-state index is -0.582. The molecule has 0 atom stereocenters. The predicted molar refractivity (Wildman–Crippen MR) is 137 cm³/mol. The molecular formula is C26H19Cl2NO5S. The summed E-state index contributed by atoms with van der Waals surface area (Å²) in [5, 5.41) is 0.529. The number of nitrogens with zero attached hydrogens (tertiary/aromatic N) is 1. The van der Waals surface area contributed by atoms with Gasteiger partial charge in [-0.2, -0.15) is 0 Å². The number of thioether (sulfide) groups is 1. The first kappa shape index (κ1) is 24.9. The maximum atomic E-state index is 12.9. The van der Waals surface area contributed by atoms with Crippen molar-refractivity contribution < 1.29 is 23.9 Å². The summed E-state index contributed by atoms with van der Waals surface area (Å²) in [6, 6.07) is 18.4. The van der Waals surface area contributed by atoms with Gasteiger partial charge in [0.2, 0.25) is 0 Å². The van der Waals surface area contributed by atoms with Crippen LogP contribution >= 0.6 is 35.0 Å². The third kappa shape index (κ3) is 5.88. The highest BCUT2D eigenvalue weighted by Crippen LogP contribution is 2.36. The molecule has 1 heterocycles. The summed E-state index contributed by atoms with van der Waals surface area (Å²) in [5.41, 5.74) is 1.60. The Labute approximate surface area is 216 Å². The number of ether oxygens (including phenoxy) is 2. The molecule has 3 aromatic carbocycles. The fourth-order valence-electron chi connectivity index (χ4n) is 3.33. The maximum Gasteiger partial charge on any atom is 0.343 e. The van der Waals surface area contributed by atoms with Gasteiger partial charge in [-0.25, -0.2) is 4.79 Å². The highest BCUT2D eigenvalue weighted by Gasteiger charge is 2.35. The van der Waals surface area contributed by atoms with Crippen LogP contribution in [0.4, 0.5) is 4.79 Å². The summed E-state index contributed by atoms with van der Waals surface area (Å²) in [4.78, 5) is 39.4. The first-order valence-corrected chi connectivity index (χ1v) is 12.2. The molecule has 0 bridgehead atoms. The van der Waals surface area contributed by atoms with E-state index in [9.17, 15) is 14.4 Å². The number of carbonyl (C=O) groups is 3. The van der Waals surface area contributed by atoms with Gasteiger partial charge in [-0.05, 0) is 72.3 Å². The Balaban J connectivity index is 1.55. The third-order valence-corrected chi connectivity index (χ3v) is 6.50. The van der Waals surface area contributed by atoms with Crippen LogP contribution in [0, 0.1) is 0 Å². The van der Waals surface area contributed by atoms with Gasteiger partial charge in [0, 0.05) is 10.0 Å². The van der Waals surface area contributed by atoms with E-state index in [-0.39, 0.29) is 22.4 Å². The summed E-state index contributed by atoms with van der Waals surface area (Å²) in [7, 11) is 0. The fraction of sp³-hybridized carbons (Fsp3) is 0.115. The van der Waals surface area contributed by atoms with Crippen LogP contribution in [0.3, 0.4) is 0 Å². The van der Waals surface area contributed by atoms with E-state index < -0.39 is 11.9 Å². The Morgan fingerprint density at radius 2 is 1.80 bits per heavy atom. The topological polar surface area (TPSA) is 72.9 Å². The molecule has 2 amide bonds. The molecule has 178 valence electrons. The maximum absolute atomic E-state index is 12.9. The number of esters is 1. The van der Waals surface area contributed by atoms with E-state index in [1.807, 2.05) is 0 Å². The molecule has 0 radical (unpaired) electrons. The Hall–Kier alpha value is -3.26. The summed E-state index contributed by atoms with van der Waals surface area (Å²) < 4.78 is 11.2. The molecule has 1 fully saturated rings. The molecule has 0 N–H and O–H groups in total. The normalized spacial score (nSPS) is 14.5. The molecule has 1 saturated heterocycles. The Bertz CT molecular complexity index is 1340. The van der Waals surface area contributed by atoms with Crippen molar-refractivity contribution in [2.24, 2.45) is 0 Å². The van der Waals surface area contributed by atoms with E-state index in [1.165, 1.54) is 6.07 Å². The lowest BCUT2D eigenvalue weighted by atomic mass is 10.1. The molecule has 6 nitrogen and oxygen atoms in total. The molecule has 1 aliphatic heterocycles. The van der Waals surface area contributed by atoms with Gasteiger partial charge in [0.05, 0.1) is 23.6 Å². The summed E-state index contributed by atoms with van der Waals surface area (Å²) in [6.07, 6.45) is 1.60. The van der Waals surface area contributed by atoms with Crippen LogP contribution in [0.5, 0.6) is 11.5 Å². The molecule has 35 heavy (non-hydrogen) atoms. The summed E-state index contributed by atoms with van der Waals surface area (Å²) in [5.74, 6) is -0.441. The lowest BCUT2D eigenvalue weighted by molar-refractivity contribution is -0.123. The van der Waals surface area contributed by atoms with Crippen LogP contribution in [-0.2, 0) is 11.3 Å². The van der Waals surface area contributed by atoms with Crippen molar-refractivity contribution in [3.8, 4) is 11.5 Å². The van der Waals surface area contributed by atoms with E-state index in [2.05, 4.69) is 0 Å². The molecule has 1 aliphatic rings. The number of halogens is 2. The fourth-order valence-corrected chi connectivity index (χ4v) is 4.55. The van der Waals surface area contributed by atoms with Gasteiger partial charge in [-0.1, -0.05) is 53.5 Å². The SMILES string of the molecule is CCOc1cc(/C=C2\SC(=O)N(Cc3ccccc3Cl)C2=O)ccc1OC(=O)c1cccc(Cl)c1. The van der Waals surface area contributed by atoms with Crippen molar-refractivity contribution in [2.45, 2.75) is 13.5 Å².